The van der Waals surface area contributed by atoms with E-state index in [1.54, 1.807) is 0 Å². The van der Waals surface area contributed by atoms with Crippen LogP contribution in [0.2, 0.25) is 0 Å². The van der Waals surface area contributed by atoms with Gasteiger partial charge in [0.15, 0.2) is 0 Å². The highest BCUT2D eigenvalue weighted by Crippen LogP contribution is 2.46. The molecule has 0 radical (unpaired) electrons. The zero-order valence-corrected chi connectivity index (χ0v) is 8.64. The first kappa shape index (κ1) is 9.63. The molecule has 0 aromatic carbocycles. The maximum Gasteiger partial charge on any atom is 0.0177 e. The topological polar surface area (TPSA) is 3.24 Å². The summed E-state index contributed by atoms with van der Waals surface area (Å²) in [6, 6.07) is 0. The van der Waals surface area contributed by atoms with Gasteiger partial charge in [-0.3, -0.25) is 0 Å². The lowest BCUT2D eigenvalue weighted by Gasteiger charge is -2.43. The van der Waals surface area contributed by atoms with Crippen LogP contribution >= 0.6 is 0 Å². The van der Waals surface area contributed by atoms with Crippen LogP contribution < -0.4 is 0 Å². The maximum absolute atomic E-state index is 2.42. The van der Waals surface area contributed by atoms with Crippen molar-refractivity contribution in [1.82, 2.24) is 4.90 Å². The van der Waals surface area contributed by atoms with Gasteiger partial charge in [0.05, 0.1) is 0 Å². The van der Waals surface area contributed by atoms with Crippen molar-refractivity contribution in [3.63, 3.8) is 0 Å². The van der Waals surface area contributed by atoms with Crippen molar-refractivity contribution in [2.75, 3.05) is 13.6 Å². The van der Waals surface area contributed by atoms with Crippen molar-refractivity contribution in [1.29, 1.82) is 0 Å². The third-order valence-electron chi connectivity index (χ3n) is 2.99. The molecular weight excluding hydrogens is 146 g/mol. The van der Waals surface area contributed by atoms with Crippen LogP contribution in [0.4, 0.5) is 0 Å². The van der Waals surface area contributed by atoms with Gasteiger partial charge in [-0.05, 0) is 30.9 Å². The van der Waals surface area contributed by atoms with Gasteiger partial charge in [0.2, 0.25) is 0 Å². The Labute approximate surface area is 76.5 Å². The van der Waals surface area contributed by atoms with E-state index >= 15 is 0 Å². The van der Waals surface area contributed by atoms with E-state index in [4.69, 9.17) is 0 Å². The van der Waals surface area contributed by atoms with E-state index in [9.17, 15) is 0 Å². The van der Waals surface area contributed by atoms with Gasteiger partial charge < -0.3 is 4.90 Å². The second kappa shape index (κ2) is 3.97. The third kappa shape index (κ3) is 1.82. The van der Waals surface area contributed by atoms with Crippen LogP contribution in [0.1, 0.15) is 39.5 Å². The summed E-state index contributed by atoms with van der Waals surface area (Å²) in [6.45, 7) is 5.26. The Morgan fingerprint density at radius 2 is 1.83 bits per heavy atom. The molecule has 12 heavy (non-hydrogen) atoms. The molecule has 1 aliphatic carbocycles. The van der Waals surface area contributed by atoms with Gasteiger partial charge in [-0.2, -0.15) is 0 Å². The van der Waals surface area contributed by atoms with Crippen molar-refractivity contribution < 1.29 is 0 Å². The maximum atomic E-state index is 2.42. The van der Waals surface area contributed by atoms with Gasteiger partial charge in [0, 0.05) is 13.6 Å². The van der Waals surface area contributed by atoms with Crippen molar-refractivity contribution in [3.05, 3.63) is 12.3 Å². The molecular formula is C11H21N. The summed E-state index contributed by atoms with van der Waals surface area (Å²) in [5.41, 5.74) is 0.659. The fourth-order valence-corrected chi connectivity index (χ4v) is 1.89. The van der Waals surface area contributed by atoms with Crippen LogP contribution in [0.5, 0.6) is 0 Å². The van der Waals surface area contributed by atoms with E-state index in [1.807, 2.05) is 13.8 Å². The zero-order chi connectivity index (χ0) is 9.03. The summed E-state index contributed by atoms with van der Waals surface area (Å²) >= 11 is 0. The number of nitrogens with zero attached hydrogens (tertiary/aromatic N) is 1. The summed E-state index contributed by atoms with van der Waals surface area (Å²) in [4.78, 5) is 2.28. The largest absolute Gasteiger partial charge is 0.381 e. The summed E-state index contributed by atoms with van der Waals surface area (Å²) in [7, 11) is 2.15. The molecule has 0 aromatic rings. The highest BCUT2D eigenvalue weighted by molar-refractivity contribution is 5.07. The molecule has 0 bridgehead atoms. The van der Waals surface area contributed by atoms with E-state index in [0.717, 1.165) is 0 Å². The van der Waals surface area contributed by atoms with Crippen molar-refractivity contribution in [2.45, 2.75) is 39.5 Å². The van der Waals surface area contributed by atoms with Crippen LogP contribution in [0.25, 0.3) is 0 Å². The first-order valence-corrected chi connectivity index (χ1v) is 5.20. The second-order valence-corrected chi connectivity index (χ2v) is 3.76. The average Bonchev–Trinajstić information content (AvgIpc) is 2.07. The average molecular weight is 167 g/mol. The molecule has 1 heteroatoms. The van der Waals surface area contributed by atoms with Gasteiger partial charge in [-0.1, -0.05) is 26.3 Å². The Hall–Kier alpha value is -0.460. The van der Waals surface area contributed by atoms with Crippen LogP contribution in [0, 0.1) is 5.41 Å². The SMILES string of the molecule is CC.CN1C=CC2(CCC2)CC1. The molecule has 0 aromatic heterocycles. The predicted octanol–water partition coefficient (Wildman–Crippen LogP) is 3.03. The predicted molar refractivity (Wildman–Crippen MR) is 54.0 cm³/mol. The molecule has 0 amide bonds. The summed E-state index contributed by atoms with van der Waals surface area (Å²) < 4.78 is 0. The number of hydrogen-bond donors (Lipinski definition) is 0. The normalized spacial score (nSPS) is 24.4. The van der Waals surface area contributed by atoms with Gasteiger partial charge in [0.1, 0.15) is 0 Å². The lowest BCUT2D eigenvalue weighted by atomic mass is 9.66. The highest BCUT2D eigenvalue weighted by atomic mass is 15.1. The molecule has 2 aliphatic rings. The molecule has 1 nitrogen and oxygen atoms in total. The lowest BCUT2D eigenvalue weighted by molar-refractivity contribution is 0.153. The van der Waals surface area contributed by atoms with E-state index in [0.29, 0.717) is 5.41 Å². The summed E-state index contributed by atoms with van der Waals surface area (Å²) in [5.74, 6) is 0. The molecule has 1 heterocycles. The van der Waals surface area contributed by atoms with Crippen molar-refractivity contribution in [3.8, 4) is 0 Å². The molecule has 1 fully saturated rings. The Morgan fingerprint density at radius 1 is 1.17 bits per heavy atom. The third-order valence-corrected chi connectivity index (χ3v) is 2.99. The molecule has 0 N–H and O–H groups in total. The fraction of sp³-hybridized carbons (Fsp3) is 0.818. The smallest absolute Gasteiger partial charge is 0.0177 e. The Balaban J connectivity index is 0.000000336. The minimum atomic E-state index is 0.659. The van der Waals surface area contributed by atoms with Crippen LogP contribution in [0.3, 0.4) is 0 Å². The Morgan fingerprint density at radius 3 is 2.17 bits per heavy atom. The molecule has 70 valence electrons. The monoisotopic (exact) mass is 167 g/mol. The van der Waals surface area contributed by atoms with Gasteiger partial charge in [-0.15, -0.1) is 0 Å². The van der Waals surface area contributed by atoms with E-state index in [1.165, 1.54) is 32.2 Å². The minimum Gasteiger partial charge on any atom is -0.381 e. The number of rotatable bonds is 0. The summed E-state index contributed by atoms with van der Waals surface area (Å²) in [6.07, 6.45) is 10.4. The molecule has 0 saturated heterocycles. The lowest BCUT2D eigenvalue weighted by Crippen LogP contribution is -2.34. The number of allylic oxidation sites excluding steroid dienone is 1. The van der Waals surface area contributed by atoms with Crippen LogP contribution in [-0.2, 0) is 0 Å². The molecule has 1 spiro atoms. The quantitative estimate of drug-likeness (QED) is 0.536. The molecule has 0 atom stereocenters. The van der Waals surface area contributed by atoms with Gasteiger partial charge >= 0.3 is 0 Å². The second-order valence-electron chi connectivity index (χ2n) is 3.76. The highest BCUT2D eigenvalue weighted by Gasteiger charge is 2.35. The molecule has 2 rings (SSSR count). The van der Waals surface area contributed by atoms with Crippen LogP contribution in [0.15, 0.2) is 12.3 Å². The van der Waals surface area contributed by atoms with Gasteiger partial charge in [0.25, 0.3) is 0 Å². The van der Waals surface area contributed by atoms with Crippen molar-refractivity contribution in [2.24, 2.45) is 5.41 Å². The minimum absolute atomic E-state index is 0.659. The first-order chi connectivity index (χ1) is 5.81. The Bertz CT molecular complexity index is 156. The van der Waals surface area contributed by atoms with E-state index in [-0.39, 0.29) is 0 Å². The summed E-state index contributed by atoms with van der Waals surface area (Å²) in [5, 5.41) is 0. The van der Waals surface area contributed by atoms with Gasteiger partial charge in [-0.25, -0.2) is 0 Å². The van der Waals surface area contributed by atoms with Crippen LogP contribution in [-0.4, -0.2) is 18.5 Å². The van der Waals surface area contributed by atoms with Crippen molar-refractivity contribution >= 4 is 0 Å². The zero-order valence-electron chi connectivity index (χ0n) is 8.64. The molecule has 1 saturated carbocycles. The molecule has 0 unspecified atom stereocenters. The Kier molecular flexibility index (Phi) is 3.19. The van der Waals surface area contributed by atoms with E-state index in [2.05, 4.69) is 24.2 Å². The fourth-order valence-electron chi connectivity index (χ4n) is 1.89. The number of hydrogen-bond acceptors (Lipinski definition) is 1. The first-order valence-electron chi connectivity index (χ1n) is 5.20. The molecule has 1 aliphatic heterocycles. The standard InChI is InChI=1S/C9H15N.C2H6/c1-10-7-5-9(6-8-10)3-2-4-9;1-2/h5,7H,2-4,6,8H2,1H3;1-2H3. The van der Waals surface area contributed by atoms with E-state index < -0.39 is 0 Å².